The minimum atomic E-state index is -2.75. The van der Waals surface area contributed by atoms with E-state index in [4.69, 9.17) is 0 Å². The molecule has 1 aromatic carbocycles. The Kier molecular flexibility index (Phi) is 7.40. The van der Waals surface area contributed by atoms with Crippen molar-refractivity contribution in [2.75, 3.05) is 32.7 Å². The minimum Gasteiger partial charge on any atom is -0.341 e. The molecular formula is C32H44F2N4O3. The van der Waals surface area contributed by atoms with E-state index in [1.54, 1.807) is 4.90 Å². The van der Waals surface area contributed by atoms with Gasteiger partial charge in [-0.1, -0.05) is 57.5 Å². The standard InChI is InChI=1S/C32H44F2N4O3/c1-21(2)16-38-30(41)37(20-27(33)34)29(40)32(38)14-24-10-11-25(15-32)36(24)18-23-17-35(28(39)31(3)12-7-13-31)19-26(23)22-8-5-4-6-9-22/h4-6,8-9,21,23-27H,7,10-20H2,1-3H3/t23-,24?,25?,26-,32?/m1/s1. The molecule has 224 valence electrons. The quantitative estimate of drug-likeness (QED) is 0.414. The van der Waals surface area contributed by atoms with Gasteiger partial charge in [0.05, 0.1) is 6.54 Å². The molecule has 41 heavy (non-hydrogen) atoms. The Morgan fingerprint density at radius 2 is 1.66 bits per heavy atom. The highest BCUT2D eigenvalue weighted by molar-refractivity contribution is 6.07. The monoisotopic (exact) mass is 570 g/mol. The summed E-state index contributed by atoms with van der Waals surface area (Å²) in [5, 5.41) is 0. The maximum atomic E-state index is 13.7. The summed E-state index contributed by atoms with van der Waals surface area (Å²) in [6.45, 7) is 7.93. The van der Waals surface area contributed by atoms with Gasteiger partial charge < -0.3 is 9.80 Å². The van der Waals surface area contributed by atoms with Crippen molar-refractivity contribution in [3.63, 3.8) is 0 Å². The van der Waals surface area contributed by atoms with E-state index in [1.165, 1.54) is 5.56 Å². The summed E-state index contributed by atoms with van der Waals surface area (Å²) in [5.41, 5.74) is -0.00499. The van der Waals surface area contributed by atoms with Gasteiger partial charge in [0.15, 0.2) is 0 Å². The number of carbonyl (C=O) groups excluding carboxylic acids is 3. The lowest BCUT2D eigenvalue weighted by Crippen LogP contribution is -2.61. The van der Waals surface area contributed by atoms with Gasteiger partial charge in [0.1, 0.15) is 5.54 Å². The number of alkyl halides is 2. The SMILES string of the molecule is CC(C)CN1C(=O)N(CC(F)F)C(=O)C12CC1CCC(C2)N1C[C@H]1CN(C(=O)C2(C)CCC2)C[C@@H]1c1ccccc1. The van der Waals surface area contributed by atoms with Crippen LogP contribution in [0.2, 0.25) is 0 Å². The molecule has 0 radical (unpaired) electrons. The fraction of sp³-hybridized carbons (Fsp3) is 0.719. The Morgan fingerprint density at radius 1 is 1.00 bits per heavy atom. The number of imide groups is 1. The molecule has 4 saturated heterocycles. The lowest BCUT2D eigenvalue weighted by atomic mass is 9.69. The summed E-state index contributed by atoms with van der Waals surface area (Å²) < 4.78 is 26.8. The molecule has 4 aliphatic heterocycles. The number of hydrogen-bond donors (Lipinski definition) is 0. The third-order valence-electron chi connectivity index (χ3n) is 10.8. The highest BCUT2D eigenvalue weighted by Crippen LogP contribution is 2.49. The summed E-state index contributed by atoms with van der Waals surface area (Å²) in [5.74, 6) is 0.481. The van der Waals surface area contributed by atoms with Crippen LogP contribution in [0.15, 0.2) is 30.3 Å². The Balaban J connectivity index is 1.24. The number of fused-ring (bicyclic) bond motifs is 2. The first-order valence-corrected chi connectivity index (χ1v) is 15.5. The van der Waals surface area contributed by atoms with E-state index >= 15 is 0 Å². The van der Waals surface area contributed by atoms with Crippen molar-refractivity contribution < 1.29 is 23.2 Å². The predicted molar refractivity (Wildman–Crippen MR) is 151 cm³/mol. The van der Waals surface area contributed by atoms with Gasteiger partial charge in [-0.2, -0.15) is 0 Å². The van der Waals surface area contributed by atoms with Gasteiger partial charge in [-0.05, 0) is 55.9 Å². The second kappa shape index (κ2) is 10.6. The van der Waals surface area contributed by atoms with Crippen molar-refractivity contribution >= 4 is 17.8 Å². The number of rotatable bonds is 8. The fourth-order valence-corrected chi connectivity index (χ4v) is 8.58. The number of likely N-dealkylation sites (tertiary alicyclic amines) is 1. The maximum Gasteiger partial charge on any atom is 0.327 e. The van der Waals surface area contributed by atoms with E-state index in [2.05, 4.69) is 41.0 Å². The molecule has 0 aromatic heterocycles. The summed E-state index contributed by atoms with van der Waals surface area (Å²) in [4.78, 5) is 47.7. The molecule has 4 atom stereocenters. The molecule has 1 spiro atoms. The van der Waals surface area contributed by atoms with Crippen molar-refractivity contribution in [3.05, 3.63) is 35.9 Å². The van der Waals surface area contributed by atoms with E-state index in [0.717, 1.165) is 56.6 Å². The molecule has 0 N–H and O–H groups in total. The third-order valence-corrected chi connectivity index (χ3v) is 10.8. The minimum absolute atomic E-state index is 0.108. The molecule has 1 aliphatic carbocycles. The molecule has 2 unspecified atom stereocenters. The van der Waals surface area contributed by atoms with Crippen LogP contribution in [0.1, 0.15) is 77.2 Å². The summed E-state index contributed by atoms with van der Waals surface area (Å²) in [6.07, 6.45) is 3.13. The van der Waals surface area contributed by atoms with Crippen molar-refractivity contribution in [2.45, 2.75) is 95.7 Å². The van der Waals surface area contributed by atoms with Crippen LogP contribution in [0.25, 0.3) is 0 Å². The zero-order valence-corrected chi connectivity index (χ0v) is 24.6. The molecule has 6 rings (SSSR count). The maximum absolute atomic E-state index is 13.7. The van der Waals surface area contributed by atoms with Gasteiger partial charge in [-0.3, -0.25) is 19.4 Å². The molecule has 2 bridgehead atoms. The van der Waals surface area contributed by atoms with Crippen LogP contribution in [-0.4, -0.2) is 94.2 Å². The number of halogens is 2. The molecule has 1 aromatic rings. The average Bonchev–Trinajstić information content (AvgIpc) is 3.50. The van der Waals surface area contributed by atoms with Crippen LogP contribution in [0, 0.1) is 17.3 Å². The van der Waals surface area contributed by atoms with Crippen LogP contribution in [0.4, 0.5) is 13.6 Å². The number of hydrogen-bond acceptors (Lipinski definition) is 4. The summed E-state index contributed by atoms with van der Waals surface area (Å²) in [6, 6.07) is 10.1. The first kappa shape index (κ1) is 28.6. The van der Waals surface area contributed by atoms with Crippen molar-refractivity contribution in [1.29, 1.82) is 0 Å². The highest BCUT2D eigenvalue weighted by Gasteiger charge is 2.63. The normalized spacial score (nSPS) is 33.1. The Labute approximate surface area is 242 Å². The van der Waals surface area contributed by atoms with E-state index < -0.39 is 30.4 Å². The van der Waals surface area contributed by atoms with E-state index in [0.29, 0.717) is 19.4 Å². The molecule has 9 heteroatoms. The second-order valence-electron chi connectivity index (χ2n) is 14.0. The average molecular weight is 571 g/mol. The summed E-state index contributed by atoms with van der Waals surface area (Å²) >= 11 is 0. The Hall–Kier alpha value is -2.55. The fourth-order valence-electron chi connectivity index (χ4n) is 8.58. The van der Waals surface area contributed by atoms with Gasteiger partial charge in [0.25, 0.3) is 12.3 Å². The number of urea groups is 1. The smallest absolute Gasteiger partial charge is 0.327 e. The number of piperidine rings is 1. The first-order chi connectivity index (χ1) is 19.5. The number of amides is 4. The van der Waals surface area contributed by atoms with Gasteiger partial charge >= 0.3 is 6.03 Å². The van der Waals surface area contributed by atoms with Crippen LogP contribution in [-0.2, 0) is 9.59 Å². The molecule has 5 aliphatic rings. The predicted octanol–water partition coefficient (Wildman–Crippen LogP) is 4.97. The van der Waals surface area contributed by atoms with E-state index in [9.17, 15) is 23.2 Å². The molecule has 1 saturated carbocycles. The highest BCUT2D eigenvalue weighted by atomic mass is 19.3. The second-order valence-corrected chi connectivity index (χ2v) is 14.0. The first-order valence-electron chi connectivity index (χ1n) is 15.5. The zero-order valence-electron chi connectivity index (χ0n) is 24.6. The number of carbonyl (C=O) groups is 3. The molecule has 4 heterocycles. The molecule has 4 amide bonds. The van der Waals surface area contributed by atoms with Gasteiger partial charge in [-0.25, -0.2) is 13.6 Å². The van der Waals surface area contributed by atoms with Crippen LogP contribution < -0.4 is 0 Å². The largest absolute Gasteiger partial charge is 0.341 e. The van der Waals surface area contributed by atoms with Crippen LogP contribution >= 0.6 is 0 Å². The van der Waals surface area contributed by atoms with Gasteiger partial charge in [-0.15, -0.1) is 0 Å². The van der Waals surface area contributed by atoms with Crippen LogP contribution in [0.5, 0.6) is 0 Å². The van der Waals surface area contributed by atoms with Gasteiger partial charge in [0, 0.05) is 49.6 Å². The zero-order chi connectivity index (χ0) is 29.1. The van der Waals surface area contributed by atoms with Crippen molar-refractivity contribution in [2.24, 2.45) is 17.3 Å². The molecular weight excluding hydrogens is 526 g/mol. The Bertz CT molecular complexity index is 1160. The third kappa shape index (κ3) is 4.86. The molecule has 7 nitrogen and oxygen atoms in total. The topological polar surface area (TPSA) is 64.2 Å². The lowest BCUT2D eigenvalue weighted by molar-refractivity contribution is -0.145. The van der Waals surface area contributed by atoms with E-state index in [1.807, 2.05) is 19.9 Å². The lowest BCUT2D eigenvalue weighted by Gasteiger charge is -2.48. The molecule has 5 fully saturated rings. The van der Waals surface area contributed by atoms with Crippen molar-refractivity contribution in [1.82, 2.24) is 19.6 Å². The van der Waals surface area contributed by atoms with E-state index in [-0.39, 0.29) is 41.2 Å². The number of nitrogens with zero attached hydrogens (tertiary/aromatic N) is 4. The summed E-state index contributed by atoms with van der Waals surface area (Å²) in [7, 11) is 0. The van der Waals surface area contributed by atoms with Crippen molar-refractivity contribution in [3.8, 4) is 0 Å². The number of benzene rings is 1. The van der Waals surface area contributed by atoms with Gasteiger partial charge in [0.2, 0.25) is 5.91 Å². The Morgan fingerprint density at radius 3 is 2.22 bits per heavy atom. The van der Waals surface area contributed by atoms with Crippen LogP contribution in [0.3, 0.4) is 0 Å².